The molecule has 2 fully saturated rings. The summed E-state index contributed by atoms with van der Waals surface area (Å²) in [5, 5.41) is 11.7. The highest BCUT2D eigenvalue weighted by Gasteiger charge is 2.52. The van der Waals surface area contributed by atoms with Crippen molar-refractivity contribution in [3.05, 3.63) is 29.3 Å². The van der Waals surface area contributed by atoms with Crippen molar-refractivity contribution in [1.82, 2.24) is 10.2 Å². The van der Waals surface area contributed by atoms with E-state index >= 15 is 0 Å². The van der Waals surface area contributed by atoms with E-state index in [0.29, 0.717) is 6.42 Å². The first-order valence-corrected chi connectivity index (χ1v) is 11.2. The second kappa shape index (κ2) is 10.4. The van der Waals surface area contributed by atoms with Crippen molar-refractivity contribution < 1.29 is 33.0 Å². The summed E-state index contributed by atoms with van der Waals surface area (Å²) in [5.74, 6) is -5.26. The van der Waals surface area contributed by atoms with Gasteiger partial charge >= 0.3 is 6.09 Å². The van der Waals surface area contributed by atoms with Crippen LogP contribution in [0.5, 0.6) is 5.75 Å². The maximum Gasteiger partial charge on any atom is 0.411 e. The van der Waals surface area contributed by atoms with Crippen LogP contribution < -0.4 is 11.1 Å². The van der Waals surface area contributed by atoms with Crippen molar-refractivity contribution >= 4 is 17.9 Å². The predicted octanol–water partition coefficient (Wildman–Crippen LogP) is 3.00. The average Bonchev–Trinajstić information content (AvgIpc) is 3.35. The average molecular weight is 470 g/mol. The Morgan fingerprint density at radius 1 is 1.21 bits per heavy atom. The molecule has 1 aliphatic heterocycles. The van der Waals surface area contributed by atoms with Gasteiger partial charge in [0, 0.05) is 12.5 Å². The van der Waals surface area contributed by atoms with Gasteiger partial charge in [0.2, 0.25) is 17.6 Å². The molecule has 1 aliphatic carbocycles. The van der Waals surface area contributed by atoms with Crippen LogP contribution in [0.25, 0.3) is 0 Å². The molecule has 4 N–H and O–H groups in total. The maximum absolute atomic E-state index is 14.1. The van der Waals surface area contributed by atoms with E-state index in [1.165, 1.54) is 4.90 Å². The maximum atomic E-state index is 14.1. The second-order valence-electron chi connectivity index (χ2n) is 9.10. The molecule has 0 radical (unpaired) electrons. The van der Waals surface area contributed by atoms with Crippen molar-refractivity contribution in [3.8, 4) is 5.75 Å². The normalized spacial score (nSPS) is 22.3. The number of nitrogens with two attached hydrogens (primary N) is 1. The Labute approximate surface area is 192 Å². The Kier molecular flexibility index (Phi) is 8.26. The molecule has 1 aromatic carbocycles. The van der Waals surface area contributed by atoms with Crippen molar-refractivity contribution in [2.24, 2.45) is 11.7 Å². The molecule has 10 heteroatoms. The highest BCUT2D eigenvalue weighted by Crippen LogP contribution is 2.43. The van der Waals surface area contributed by atoms with Crippen LogP contribution in [0.4, 0.5) is 13.6 Å². The summed E-state index contributed by atoms with van der Waals surface area (Å²) in [6.07, 6.45) is 1.14. The molecule has 0 spiro atoms. The number of carbonyl (C=O) groups is 3. The van der Waals surface area contributed by atoms with Crippen molar-refractivity contribution in [2.45, 2.75) is 84.0 Å². The van der Waals surface area contributed by atoms with Crippen LogP contribution in [0.3, 0.4) is 0 Å². The lowest BCUT2D eigenvalue weighted by Gasteiger charge is -2.36. The largest absolute Gasteiger partial charge is 0.505 e. The molecule has 3 amide bonds. The summed E-state index contributed by atoms with van der Waals surface area (Å²) in [5.41, 5.74) is 4.41. The van der Waals surface area contributed by atoms with E-state index in [4.69, 9.17) is 10.5 Å². The van der Waals surface area contributed by atoms with E-state index in [1.807, 2.05) is 13.8 Å². The van der Waals surface area contributed by atoms with Crippen molar-refractivity contribution in [3.63, 3.8) is 0 Å². The van der Waals surface area contributed by atoms with Gasteiger partial charge in [-0.2, -0.15) is 4.39 Å². The summed E-state index contributed by atoms with van der Waals surface area (Å²) >= 11 is 0. The number of halogens is 2. The van der Waals surface area contributed by atoms with Gasteiger partial charge in [0.1, 0.15) is 17.7 Å². The first kappa shape index (κ1) is 26.3. The number of hydrogen-bond donors (Lipinski definition) is 3. The number of phenols is 1. The molecule has 33 heavy (non-hydrogen) atoms. The minimum Gasteiger partial charge on any atom is -0.505 e. The lowest BCUT2D eigenvalue weighted by molar-refractivity contribution is -0.132. The summed E-state index contributed by atoms with van der Waals surface area (Å²) < 4.78 is 33.2. The van der Waals surface area contributed by atoms with Crippen LogP contribution in [0.1, 0.15) is 59.4 Å². The lowest BCUT2D eigenvalue weighted by Crippen LogP contribution is -2.57. The summed E-state index contributed by atoms with van der Waals surface area (Å²) in [4.78, 5) is 39.1. The van der Waals surface area contributed by atoms with Crippen molar-refractivity contribution in [1.29, 1.82) is 0 Å². The number of hydrogen-bond acceptors (Lipinski definition) is 5. The Morgan fingerprint density at radius 2 is 1.85 bits per heavy atom. The first-order chi connectivity index (χ1) is 15.4. The SMILES string of the molecule is CC.CC(C)(C)OC(=O)N1C2CCC(C2)C1C(=O)N[C@@H](Cc1ccc(O)c(F)c1F)C(N)=O. The van der Waals surface area contributed by atoms with E-state index in [9.17, 15) is 28.3 Å². The molecular weight excluding hydrogens is 436 g/mol. The van der Waals surface area contributed by atoms with Crippen LogP contribution in [-0.4, -0.2) is 51.6 Å². The number of likely N-dealkylation sites (tertiary alicyclic amines) is 1. The number of nitrogens with zero attached hydrogens (tertiary/aromatic N) is 1. The topological polar surface area (TPSA) is 122 Å². The fourth-order valence-electron chi connectivity index (χ4n) is 4.34. The van der Waals surface area contributed by atoms with Crippen LogP contribution in [0, 0.1) is 17.6 Å². The van der Waals surface area contributed by atoms with Gasteiger partial charge in [-0.05, 0) is 57.6 Å². The predicted molar refractivity (Wildman–Crippen MR) is 117 cm³/mol. The number of nitrogens with one attached hydrogen (secondary N) is 1. The molecule has 1 saturated carbocycles. The van der Waals surface area contributed by atoms with Crippen LogP contribution >= 0.6 is 0 Å². The minimum absolute atomic E-state index is 0.0890. The number of carbonyl (C=O) groups excluding carboxylic acids is 3. The Bertz CT molecular complexity index is 903. The number of primary amides is 1. The number of ether oxygens (including phenoxy) is 1. The molecular formula is C23H33F2N3O5. The Morgan fingerprint density at radius 3 is 2.42 bits per heavy atom. The molecule has 3 rings (SSSR count). The molecule has 184 valence electrons. The minimum atomic E-state index is -1.45. The van der Waals surface area contributed by atoms with Crippen molar-refractivity contribution in [2.75, 3.05) is 0 Å². The van der Waals surface area contributed by atoms with Crippen LogP contribution in [0.2, 0.25) is 0 Å². The second-order valence-corrected chi connectivity index (χ2v) is 9.10. The lowest BCUT2D eigenvalue weighted by atomic mass is 9.97. The summed E-state index contributed by atoms with van der Waals surface area (Å²) in [6, 6.07) is -0.234. The third-order valence-corrected chi connectivity index (χ3v) is 5.68. The van der Waals surface area contributed by atoms with Gasteiger partial charge in [-0.1, -0.05) is 19.9 Å². The number of phenolic OH excluding ortho intramolecular Hbond substituents is 1. The number of fused-ring (bicyclic) bond motifs is 2. The molecule has 0 aromatic heterocycles. The van der Waals surface area contributed by atoms with Gasteiger partial charge in [-0.15, -0.1) is 0 Å². The van der Waals surface area contributed by atoms with Gasteiger partial charge in [0.25, 0.3) is 0 Å². The van der Waals surface area contributed by atoms with Crippen LogP contribution in [0.15, 0.2) is 12.1 Å². The number of aromatic hydroxyl groups is 1. The molecule has 1 aromatic rings. The first-order valence-electron chi connectivity index (χ1n) is 11.2. The van der Waals surface area contributed by atoms with Gasteiger partial charge in [0.15, 0.2) is 11.6 Å². The van der Waals surface area contributed by atoms with E-state index in [1.54, 1.807) is 20.8 Å². The monoisotopic (exact) mass is 469 g/mol. The molecule has 2 aliphatic rings. The Hall–Kier alpha value is -2.91. The standard InChI is InChI=1S/C21H27F2N3O5.C2H6/c1-21(2,3)31-20(30)26-12-6-4-11(8-12)17(26)19(29)25-13(18(24)28)9-10-5-7-14(27)16(23)15(10)22;1-2/h5,7,11-13,17,27H,4,6,8-9H2,1-3H3,(H2,24,28)(H,25,29);1-2H3/t11?,12?,13-,17?;/m0./s1. The quantitative estimate of drug-likeness (QED) is 0.612. The third-order valence-electron chi connectivity index (χ3n) is 5.68. The summed E-state index contributed by atoms with van der Waals surface area (Å²) in [7, 11) is 0. The van der Waals surface area contributed by atoms with E-state index < -0.39 is 59.4 Å². The number of benzene rings is 1. The third kappa shape index (κ3) is 5.91. The molecule has 2 bridgehead atoms. The Balaban J connectivity index is 0.00000187. The van der Waals surface area contributed by atoms with Gasteiger partial charge in [-0.25, -0.2) is 9.18 Å². The zero-order valence-corrected chi connectivity index (χ0v) is 19.7. The highest BCUT2D eigenvalue weighted by molar-refractivity contribution is 5.91. The van der Waals surface area contributed by atoms with E-state index in [0.717, 1.165) is 25.0 Å². The molecule has 8 nitrogen and oxygen atoms in total. The highest BCUT2D eigenvalue weighted by atomic mass is 19.2. The fraction of sp³-hybridized carbons (Fsp3) is 0.609. The number of amides is 3. The van der Waals surface area contributed by atoms with E-state index in [-0.39, 0.29) is 17.5 Å². The summed E-state index contributed by atoms with van der Waals surface area (Å²) in [6.45, 7) is 9.17. The molecule has 1 saturated heterocycles. The molecule has 1 heterocycles. The number of rotatable bonds is 5. The van der Waals surface area contributed by atoms with Gasteiger partial charge in [0.05, 0.1) is 0 Å². The van der Waals surface area contributed by atoms with Gasteiger partial charge < -0.3 is 20.9 Å². The molecule has 3 unspecified atom stereocenters. The zero-order chi connectivity index (χ0) is 25.1. The zero-order valence-electron chi connectivity index (χ0n) is 19.7. The number of piperidine rings is 1. The fourth-order valence-corrected chi connectivity index (χ4v) is 4.34. The molecule has 4 atom stereocenters. The smallest absolute Gasteiger partial charge is 0.411 e. The van der Waals surface area contributed by atoms with E-state index in [2.05, 4.69) is 5.32 Å². The van der Waals surface area contributed by atoms with Gasteiger partial charge in [-0.3, -0.25) is 14.5 Å². The van der Waals surface area contributed by atoms with Crippen LogP contribution in [-0.2, 0) is 20.7 Å².